The van der Waals surface area contributed by atoms with Gasteiger partial charge in [0.15, 0.2) is 0 Å². The van der Waals surface area contributed by atoms with Gasteiger partial charge in [-0.3, -0.25) is 0 Å². The van der Waals surface area contributed by atoms with Gasteiger partial charge in [-0.1, -0.05) is 20.8 Å². The number of pyridine rings is 2. The minimum absolute atomic E-state index is 0.276. The highest BCUT2D eigenvalue weighted by molar-refractivity contribution is 6.05. The largest absolute Gasteiger partial charge is 0.313 e. The summed E-state index contributed by atoms with van der Waals surface area (Å²) in [5, 5.41) is 2.38. The Labute approximate surface area is 113 Å². The molecule has 0 unspecified atom stereocenters. The van der Waals surface area contributed by atoms with Gasteiger partial charge in [-0.2, -0.15) is 0 Å². The Morgan fingerprint density at radius 3 is 2.58 bits per heavy atom. The van der Waals surface area contributed by atoms with Crippen LogP contribution < -0.4 is 0 Å². The molecule has 0 aromatic carbocycles. The summed E-state index contributed by atoms with van der Waals surface area (Å²) >= 11 is 0. The summed E-state index contributed by atoms with van der Waals surface area (Å²) < 4.78 is 2.06. The second kappa shape index (κ2) is 4.05. The van der Waals surface area contributed by atoms with E-state index in [2.05, 4.69) is 47.4 Å². The van der Waals surface area contributed by atoms with Crippen LogP contribution in [0.3, 0.4) is 0 Å². The van der Waals surface area contributed by atoms with Crippen molar-refractivity contribution in [3.05, 3.63) is 36.2 Å². The van der Waals surface area contributed by atoms with Crippen molar-refractivity contribution in [3.8, 4) is 0 Å². The fourth-order valence-electron chi connectivity index (χ4n) is 2.65. The molecule has 0 saturated carbocycles. The SMILES string of the molecule is Cn1c2ncccc2c2cc(CC(C)(C)C)cnc21. The van der Waals surface area contributed by atoms with Crippen LogP contribution >= 0.6 is 0 Å². The zero-order chi connectivity index (χ0) is 13.6. The average molecular weight is 253 g/mol. The van der Waals surface area contributed by atoms with Gasteiger partial charge in [0.2, 0.25) is 0 Å². The van der Waals surface area contributed by atoms with Crippen molar-refractivity contribution >= 4 is 22.1 Å². The van der Waals surface area contributed by atoms with E-state index in [-0.39, 0.29) is 5.41 Å². The van der Waals surface area contributed by atoms with Crippen LogP contribution in [0.5, 0.6) is 0 Å². The molecule has 3 heterocycles. The summed E-state index contributed by atoms with van der Waals surface area (Å²) in [6.45, 7) is 6.76. The highest BCUT2D eigenvalue weighted by atomic mass is 15.1. The lowest BCUT2D eigenvalue weighted by atomic mass is 9.88. The van der Waals surface area contributed by atoms with E-state index in [9.17, 15) is 0 Å². The van der Waals surface area contributed by atoms with E-state index in [4.69, 9.17) is 0 Å². The summed E-state index contributed by atoms with van der Waals surface area (Å²) in [5.41, 5.74) is 3.57. The standard InChI is InChI=1S/C16H19N3/c1-16(2,3)9-11-8-13-12-6-5-7-17-14(12)19(4)15(13)18-10-11/h5-8,10H,9H2,1-4H3. The van der Waals surface area contributed by atoms with E-state index in [1.807, 2.05) is 25.5 Å². The fourth-order valence-corrected chi connectivity index (χ4v) is 2.65. The zero-order valence-corrected chi connectivity index (χ0v) is 11.9. The molecule has 19 heavy (non-hydrogen) atoms. The molecule has 0 aliphatic carbocycles. The Balaban J connectivity index is 2.25. The number of nitrogens with zero attached hydrogens (tertiary/aromatic N) is 3. The lowest BCUT2D eigenvalue weighted by molar-refractivity contribution is 0.411. The van der Waals surface area contributed by atoms with Crippen LogP contribution in [0.4, 0.5) is 0 Å². The van der Waals surface area contributed by atoms with Crippen LogP contribution in [0.25, 0.3) is 22.1 Å². The second-order valence-electron chi connectivity index (χ2n) is 6.39. The molecule has 0 saturated heterocycles. The Morgan fingerprint density at radius 2 is 1.84 bits per heavy atom. The molecule has 0 radical (unpaired) electrons. The highest BCUT2D eigenvalue weighted by Crippen LogP contribution is 2.28. The smallest absolute Gasteiger partial charge is 0.141 e. The number of hydrogen-bond acceptors (Lipinski definition) is 2. The topological polar surface area (TPSA) is 30.7 Å². The first-order valence-corrected chi connectivity index (χ1v) is 6.64. The fraction of sp³-hybridized carbons (Fsp3) is 0.375. The molecule has 0 amide bonds. The average Bonchev–Trinajstić information content (AvgIpc) is 2.62. The van der Waals surface area contributed by atoms with Crippen LogP contribution in [0, 0.1) is 5.41 Å². The Morgan fingerprint density at radius 1 is 1.11 bits per heavy atom. The summed E-state index contributed by atoms with van der Waals surface area (Å²) in [7, 11) is 2.02. The molecule has 0 fully saturated rings. The molecule has 0 spiro atoms. The second-order valence-corrected chi connectivity index (χ2v) is 6.39. The van der Waals surface area contributed by atoms with Crippen LogP contribution in [0.2, 0.25) is 0 Å². The lowest BCUT2D eigenvalue weighted by Gasteiger charge is -2.17. The summed E-state index contributed by atoms with van der Waals surface area (Å²) in [5.74, 6) is 0. The Bertz CT molecular complexity index is 748. The van der Waals surface area contributed by atoms with Gasteiger partial charge >= 0.3 is 0 Å². The van der Waals surface area contributed by atoms with Gasteiger partial charge in [0.05, 0.1) is 0 Å². The van der Waals surface area contributed by atoms with Crippen LogP contribution in [0.1, 0.15) is 26.3 Å². The molecule has 3 heteroatoms. The van der Waals surface area contributed by atoms with Gasteiger partial charge in [-0.05, 0) is 35.6 Å². The summed E-state index contributed by atoms with van der Waals surface area (Å²) in [6.07, 6.45) is 4.86. The van der Waals surface area contributed by atoms with E-state index in [0.717, 1.165) is 17.7 Å². The van der Waals surface area contributed by atoms with Gasteiger partial charge < -0.3 is 4.57 Å². The zero-order valence-electron chi connectivity index (χ0n) is 11.9. The predicted octanol–water partition coefficient (Wildman–Crippen LogP) is 3.71. The van der Waals surface area contributed by atoms with Crippen molar-refractivity contribution in [2.24, 2.45) is 12.5 Å². The van der Waals surface area contributed by atoms with Crippen LogP contribution in [-0.2, 0) is 13.5 Å². The predicted molar refractivity (Wildman–Crippen MR) is 79.2 cm³/mol. The third kappa shape index (κ3) is 2.09. The minimum atomic E-state index is 0.276. The maximum atomic E-state index is 4.63. The number of fused-ring (bicyclic) bond motifs is 3. The third-order valence-electron chi connectivity index (χ3n) is 3.37. The van der Waals surface area contributed by atoms with Crippen molar-refractivity contribution < 1.29 is 0 Å². The molecule has 3 nitrogen and oxygen atoms in total. The maximum absolute atomic E-state index is 4.63. The minimum Gasteiger partial charge on any atom is -0.313 e. The van der Waals surface area contributed by atoms with Crippen molar-refractivity contribution in [2.75, 3.05) is 0 Å². The normalized spacial score (nSPS) is 12.4. The molecule has 0 aliphatic heterocycles. The molecule has 0 aliphatic rings. The molecular formula is C16H19N3. The van der Waals surface area contributed by atoms with E-state index in [0.29, 0.717) is 0 Å². The first-order valence-electron chi connectivity index (χ1n) is 6.64. The van der Waals surface area contributed by atoms with Gasteiger partial charge in [-0.25, -0.2) is 9.97 Å². The van der Waals surface area contributed by atoms with Crippen molar-refractivity contribution in [3.63, 3.8) is 0 Å². The van der Waals surface area contributed by atoms with E-state index >= 15 is 0 Å². The van der Waals surface area contributed by atoms with Gasteiger partial charge in [-0.15, -0.1) is 0 Å². The molecule has 0 N–H and O–H groups in total. The van der Waals surface area contributed by atoms with Gasteiger partial charge in [0.25, 0.3) is 0 Å². The molecular weight excluding hydrogens is 234 g/mol. The number of aryl methyl sites for hydroxylation is 1. The monoisotopic (exact) mass is 253 g/mol. The molecule has 3 rings (SSSR count). The number of rotatable bonds is 1. The van der Waals surface area contributed by atoms with Crippen LogP contribution in [0.15, 0.2) is 30.6 Å². The van der Waals surface area contributed by atoms with Crippen molar-refractivity contribution in [2.45, 2.75) is 27.2 Å². The molecule has 0 bridgehead atoms. The molecule has 3 aromatic rings. The van der Waals surface area contributed by atoms with E-state index < -0.39 is 0 Å². The third-order valence-corrected chi connectivity index (χ3v) is 3.37. The maximum Gasteiger partial charge on any atom is 0.141 e. The van der Waals surface area contributed by atoms with E-state index in [1.54, 1.807) is 0 Å². The Hall–Kier alpha value is -1.90. The van der Waals surface area contributed by atoms with Gasteiger partial charge in [0.1, 0.15) is 11.3 Å². The van der Waals surface area contributed by atoms with Crippen molar-refractivity contribution in [1.29, 1.82) is 0 Å². The summed E-state index contributed by atoms with van der Waals surface area (Å²) in [6, 6.07) is 6.36. The first kappa shape index (κ1) is 12.2. The number of hydrogen-bond donors (Lipinski definition) is 0. The van der Waals surface area contributed by atoms with Crippen molar-refractivity contribution in [1.82, 2.24) is 14.5 Å². The molecule has 3 aromatic heterocycles. The van der Waals surface area contributed by atoms with E-state index in [1.165, 1.54) is 16.3 Å². The molecule has 0 atom stereocenters. The number of aromatic nitrogens is 3. The first-order chi connectivity index (χ1) is 8.96. The highest BCUT2D eigenvalue weighted by Gasteiger charge is 2.14. The van der Waals surface area contributed by atoms with Crippen LogP contribution in [-0.4, -0.2) is 14.5 Å². The lowest BCUT2D eigenvalue weighted by Crippen LogP contribution is -2.09. The summed E-state index contributed by atoms with van der Waals surface area (Å²) in [4.78, 5) is 9.07. The molecule has 98 valence electrons. The quantitative estimate of drug-likeness (QED) is 0.662. The Kier molecular flexibility index (Phi) is 2.59. The van der Waals surface area contributed by atoms with Gasteiger partial charge in [0, 0.05) is 30.2 Å².